The molecule has 1 atom stereocenters. The number of rotatable bonds is 3. The van der Waals surface area contributed by atoms with Gasteiger partial charge in [0.2, 0.25) is 0 Å². The van der Waals surface area contributed by atoms with Crippen LogP contribution in [0.5, 0.6) is 0 Å². The summed E-state index contributed by atoms with van der Waals surface area (Å²) < 4.78 is 0. The highest BCUT2D eigenvalue weighted by Crippen LogP contribution is 2.23. The van der Waals surface area contributed by atoms with Crippen molar-refractivity contribution in [3.8, 4) is 0 Å². The van der Waals surface area contributed by atoms with E-state index < -0.39 is 0 Å². The van der Waals surface area contributed by atoms with Gasteiger partial charge in [-0.1, -0.05) is 12.1 Å². The minimum absolute atomic E-state index is 0.151. The summed E-state index contributed by atoms with van der Waals surface area (Å²) in [5.41, 5.74) is 1.74. The molecule has 0 spiro atoms. The van der Waals surface area contributed by atoms with Crippen molar-refractivity contribution in [2.75, 3.05) is 20.1 Å². The molecule has 0 radical (unpaired) electrons. The maximum absolute atomic E-state index is 12.9. The maximum Gasteiger partial charge on any atom is 0.256 e. The SMILES string of the molecule is CNCC1CCCCN1C(=O)c1cccc2cc[nH]c12. The van der Waals surface area contributed by atoms with Gasteiger partial charge < -0.3 is 15.2 Å². The van der Waals surface area contributed by atoms with E-state index in [1.165, 1.54) is 6.42 Å². The van der Waals surface area contributed by atoms with Gasteiger partial charge in [-0.2, -0.15) is 0 Å². The van der Waals surface area contributed by atoms with Gasteiger partial charge in [0.05, 0.1) is 11.1 Å². The average Bonchev–Trinajstić information content (AvgIpc) is 2.96. The third-order valence-electron chi connectivity index (χ3n) is 4.15. The second-order valence-corrected chi connectivity index (χ2v) is 5.45. The number of para-hydroxylation sites is 1. The van der Waals surface area contributed by atoms with Crippen molar-refractivity contribution in [1.82, 2.24) is 15.2 Å². The van der Waals surface area contributed by atoms with Crippen LogP contribution in [0.25, 0.3) is 10.9 Å². The van der Waals surface area contributed by atoms with Gasteiger partial charge in [-0.3, -0.25) is 4.79 Å². The quantitative estimate of drug-likeness (QED) is 0.900. The third-order valence-corrected chi connectivity index (χ3v) is 4.15. The summed E-state index contributed by atoms with van der Waals surface area (Å²) in [6, 6.07) is 8.23. The normalized spacial score (nSPS) is 19.4. The van der Waals surface area contributed by atoms with E-state index in [1.54, 1.807) is 0 Å². The molecule has 1 unspecified atom stereocenters. The number of H-pyrrole nitrogens is 1. The van der Waals surface area contributed by atoms with E-state index in [0.717, 1.165) is 42.4 Å². The third kappa shape index (κ3) is 2.31. The van der Waals surface area contributed by atoms with Gasteiger partial charge in [-0.15, -0.1) is 0 Å². The second-order valence-electron chi connectivity index (χ2n) is 5.45. The Morgan fingerprint density at radius 2 is 2.30 bits per heavy atom. The lowest BCUT2D eigenvalue weighted by Crippen LogP contribution is -2.48. The van der Waals surface area contributed by atoms with Gasteiger partial charge in [0, 0.05) is 30.7 Å². The van der Waals surface area contributed by atoms with Crippen molar-refractivity contribution >= 4 is 16.8 Å². The molecular weight excluding hydrogens is 250 g/mol. The second kappa shape index (κ2) is 5.67. The van der Waals surface area contributed by atoms with Crippen LogP contribution in [0.1, 0.15) is 29.6 Å². The van der Waals surface area contributed by atoms with Crippen LogP contribution in [-0.4, -0.2) is 42.0 Å². The van der Waals surface area contributed by atoms with Gasteiger partial charge in [0.1, 0.15) is 0 Å². The number of likely N-dealkylation sites (tertiary alicyclic amines) is 1. The molecule has 2 N–H and O–H groups in total. The van der Waals surface area contributed by atoms with Crippen LogP contribution < -0.4 is 5.32 Å². The Labute approximate surface area is 119 Å². The van der Waals surface area contributed by atoms with Crippen molar-refractivity contribution in [2.45, 2.75) is 25.3 Å². The van der Waals surface area contributed by atoms with Crippen molar-refractivity contribution in [1.29, 1.82) is 0 Å². The van der Waals surface area contributed by atoms with Crippen molar-refractivity contribution in [2.24, 2.45) is 0 Å². The molecule has 3 rings (SSSR count). The number of fused-ring (bicyclic) bond motifs is 1. The van der Waals surface area contributed by atoms with Gasteiger partial charge in [-0.05, 0) is 38.4 Å². The lowest BCUT2D eigenvalue weighted by atomic mass is 10.00. The molecule has 0 saturated carbocycles. The topological polar surface area (TPSA) is 48.1 Å². The maximum atomic E-state index is 12.9. The largest absolute Gasteiger partial charge is 0.361 e. The van der Waals surface area contributed by atoms with Crippen LogP contribution in [0.3, 0.4) is 0 Å². The minimum atomic E-state index is 0.151. The van der Waals surface area contributed by atoms with E-state index >= 15 is 0 Å². The Kier molecular flexibility index (Phi) is 3.74. The smallest absolute Gasteiger partial charge is 0.256 e. The number of carbonyl (C=O) groups is 1. The number of hydrogen-bond donors (Lipinski definition) is 2. The molecule has 1 saturated heterocycles. The number of nitrogens with zero attached hydrogens (tertiary/aromatic N) is 1. The van der Waals surface area contributed by atoms with Crippen molar-refractivity contribution < 1.29 is 4.79 Å². The number of hydrogen-bond acceptors (Lipinski definition) is 2. The van der Waals surface area contributed by atoms with E-state index in [9.17, 15) is 4.79 Å². The Balaban J connectivity index is 1.92. The molecular formula is C16H21N3O. The van der Waals surface area contributed by atoms with E-state index in [1.807, 2.05) is 42.4 Å². The summed E-state index contributed by atoms with van der Waals surface area (Å²) in [5, 5.41) is 4.30. The summed E-state index contributed by atoms with van der Waals surface area (Å²) in [5.74, 6) is 0.151. The number of piperidine rings is 1. The molecule has 1 aliphatic rings. The molecule has 1 aromatic heterocycles. The van der Waals surface area contributed by atoms with Crippen molar-refractivity contribution in [3.05, 3.63) is 36.0 Å². The highest BCUT2D eigenvalue weighted by molar-refractivity contribution is 6.05. The molecule has 1 aromatic carbocycles. The fourth-order valence-electron chi connectivity index (χ4n) is 3.13. The first-order valence-electron chi connectivity index (χ1n) is 7.33. The first-order chi connectivity index (χ1) is 9.81. The molecule has 1 amide bonds. The number of benzene rings is 1. The molecule has 4 heteroatoms. The number of aromatic amines is 1. The lowest BCUT2D eigenvalue weighted by Gasteiger charge is -2.36. The molecule has 106 valence electrons. The Hall–Kier alpha value is -1.81. The lowest BCUT2D eigenvalue weighted by molar-refractivity contribution is 0.0617. The van der Waals surface area contributed by atoms with Crippen LogP contribution in [0, 0.1) is 0 Å². The van der Waals surface area contributed by atoms with Crippen LogP contribution >= 0.6 is 0 Å². The number of carbonyl (C=O) groups excluding carboxylic acids is 1. The van der Waals surface area contributed by atoms with Gasteiger partial charge in [0.25, 0.3) is 5.91 Å². The summed E-state index contributed by atoms with van der Waals surface area (Å²) in [6.07, 6.45) is 5.30. The molecule has 0 aliphatic carbocycles. The molecule has 20 heavy (non-hydrogen) atoms. The summed E-state index contributed by atoms with van der Waals surface area (Å²) >= 11 is 0. The zero-order valence-corrected chi connectivity index (χ0v) is 11.9. The van der Waals surface area contributed by atoms with Crippen LogP contribution in [0.4, 0.5) is 0 Å². The van der Waals surface area contributed by atoms with Gasteiger partial charge in [-0.25, -0.2) is 0 Å². The molecule has 4 nitrogen and oxygen atoms in total. The van der Waals surface area contributed by atoms with Gasteiger partial charge in [0.15, 0.2) is 0 Å². The number of likely N-dealkylation sites (N-methyl/N-ethyl adjacent to an activating group) is 1. The Bertz CT molecular complexity index is 603. The number of nitrogens with one attached hydrogen (secondary N) is 2. The zero-order chi connectivity index (χ0) is 13.9. The summed E-state index contributed by atoms with van der Waals surface area (Å²) in [4.78, 5) is 18.1. The fraction of sp³-hybridized carbons (Fsp3) is 0.438. The number of amides is 1. The molecule has 2 heterocycles. The first-order valence-corrected chi connectivity index (χ1v) is 7.33. The average molecular weight is 271 g/mol. The van der Waals surface area contributed by atoms with E-state index in [0.29, 0.717) is 6.04 Å². The summed E-state index contributed by atoms with van der Waals surface area (Å²) in [6.45, 7) is 1.73. The number of aromatic nitrogens is 1. The first kappa shape index (κ1) is 13.2. The standard InChI is InChI=1S/C16H21N3O/c1-17-11-13-6-2-3-10-19(13)16(20)14-7-4-5-12-8-9-18-15(12)14/h4-5,7-9,13,17-18H,2-3,6,10-11H2,1H3. The van der Waals surface area contributed by atoms with Crippen molar-refractivity contribution in [3.63, 3.8) is 0 Å². The van der Waals surface area contributed by atoms with Crippen LogP contribution in [0.15, 0.2) is 30.5 Å². The van der Waals surface area contributed by atoms with Crippen LogP contribution in [0.2, 0.25) is 0 Å². The molecule has 1 aliphatic heterocycles. The van der Waals surface area contributed by atoms with Gasteiger partial charge >= 0.3 is 0 Å². The Morgan fingerprint density at radius 1 is 1.40 bits per heavy atom. The highest BCUT2D eigenvalue weighted by Gasteiger charge is 2.27. The monoisotopic (exact) mass is 271 g/mol. The molecule has 1 fully saturated rings. The van der Waals surface area contributed by atoms with Crippen LogP contribution in [-0.2, 0) is 0 Å². The van der Waals surface area contributed by atoms with E-state index in [-0.39, 0.29) is 5.91 Å². The van der Waals surface area contributed by atoms with E-state index in [2.05, 4.69) is 10.3 Å². The van der Waals surface area contributed by atoms with E-state index in [4.69, 9.17) is 0 Å². The zero-order valence-electron chi connectivity index (χ0n) is 11.9. The molecule has 2 aromatic rings. The molecule has 0 bridgehead atoms. The Morgan fingerprint density at radius 3 is 3.15 bits per heavy atom. The predicted octanol–water partition coefficient (Wildman–Crippen LogP) is 2.38. The highest BCUT2D eigenvalue weighted by atomic mass is 16.2. The fourth-order valence-corrected chi connectivity index (χ4v) is 3.13. The summed E-state index contributed by atoms with van der Waals surface area (Å²) in [7, 11) is 1.95. The minimum Gasteiger partial charge on any atom is -0.361 e. The predicted molar refractivity (Wildman–Crippen MR) is 80.9 cm³/mol.